The van der Waals surface area contributed by atoms with Gasteiger partial charge < -0.3 is 4.90 Å². The molecule has 1 amide bonds. The molecule has 0 bridgehead atoms. The first-order valence-corrected chi connectivity index (χ1v) is 6.43. The standard InChI is InChI=1S/C14H20N2O/c1-11(2)13-7-6-12(10-15-13)14(17)16-8-4-3-5-9-16/h6-7,10-11H,3-5,8-9H2,1-2H3. The maximum atomic E-state index is 12.2. The molecule has 3 nitrogen and oxygen atoms in total. The number of pyridine rings is 1. The minimum atomic E-state index is 0.132. The Morgan fingerprint density at radius 3 is 2.47 bits per heavy atom. The van der Waals surface area contributed by atoms with Gasteiger partial charge in [-0.05, 0) is 37.3 Å². The summed E-state index contributed by atoms with van der Waals surface area (Å²) in [6.45, 7) is 6.00. The fraction of sp³-hybridized carbons (Fsp3) is 0.571. The molecule has 1 saturated heterocycles. The van der Waals surface area contributed by atoms with Gasteiger partial charge in [-0.15, -0.1) is 0 Å². The zero-order valence-corrected chi connectivity index (χ0v) is 10.6. The number of aromatic nitrogens is 1. The summed E-state index contributed by atoms with van der Waals surface area (Å²) in [5, 5.41) is 0. The maximum absolute atomic E-state index is 12.2. The van der Waals surface area contributed by atoms with Crippen LogP contribution in [0.15, 0.2) is 18.3 Å². The molecule has 0 saturated carbocycles. The quantitative estimate of drug-likeness (QED) is 0.785. The lowest BCUT2D eigenvalue weighted by Crippen LogP contribution is -2.35. The van der Waals surface area contributed by atoms with Crippen LogP contribution in [-0.2, 0) is 0 Å². The third-order valence-corrected chi connectivity index (χ3v) is 3.27. The fourth-order valence-electron chi connectivity index (χ4n) is 2.15. The van der Waals surface area contributed by atoms with Crippen molar-refractivity contribution < 1.29 is 4.79 Å². The minimum Gasteiger partial charge on any atom is -0.339 e. The Morgan fingerprint density at radius 1 is 1.24 bits per heavy atom. The summed E-state index contributed by atoms with van der Waals surface area (Å²) in [5.74, 6) is 0.543. The topological polar surface area (TPSA) is 33.2 Å². The number of hydrogen-bond donors (Lipinski definition) is 0. The molecule has 2 rings (SSSR count). The molecular weight excluding hydrogens is 212 g/mol. The van der Waals surface area contributed by atoms with Gasteiger partial charge in [0.05, 0.1) is 5.56 Å². The second-order valence-electron chi connectivity index (χ2n) is 4.98. The Labute approximate surface area is 103 Å². The molecule has 3 heteroatoms. The lowest BCUT2D eigenvalue weighted by Gasteiger charge is -2.26. The summed E-state index contributed by atoms with van der Waals surface area (Å²) in [6, 6.07) is 3.86. The van der Waals surface area contributed by atoms with Gasteiger partial charge >= 0.3 is 0 Å². The molecule has 1 aromatic rings. The number of nitrogens with zero attached hydrogens (tertiary/aromatic N) is 2. The van der Waals surface area contributed by atoms with Gasteiger partial charge in [0.15, 0.2) is 0 Å². The average molecular weight is 232 g/mol. The van der Waals surface area contributed by atoms with Crippen LogP contribution in [0, 0.1) is 0 Å². The molecule has 2 heterocycles. The molecule has 0 unspecified atom stereocenters. The molecular formula is C14H20N2O. The van der Waals surface area contributed by atoms with Crippen molar-refractivity contribution in [2.75, 3.05) is 13.1 Å². The number of hydrogen-bond acceptors (Lipinski definition) is 2. The van der Waals surface area contributed by atoms with E-state index in [4.69, 9.17) is 0 Å². The predicted octanol–water partition coefficient (Wildman–Crippen LogP) is 2.83. The van der Waals surface area contributed by atoms with Crippen molar-refractivity contribution in [3.63, 3.8) is 0 Å². The Balaban J connectivity index is 2.08. The first-order chi connectivity index (χ1) is 8.18. The van der Waals surface area contributed by atoms with Crippen LogP contribution in [0.2, 0.25) is 0 Å². The van der Waals surface area contributed by atoms with Gasteiger partial charge in [0, 0.05) is 25.0 Å². The zero-order valence-electron chi connectivity index (χ0n) is 10.6. The second kappa shape index (κ2) is 5.30. The van der Waals surface area contributed by atoms with Crippen molar-refractivity contribution in [3.05, 3.63) is 29.6 Å². The van der Waals surface area contributed by atoms with Gasteiger partial charge in [0.25, 0.3) is 5.91 Å². The molecule has 0 aliphatic carbocycles. The summed E-state index contributed by atoms with van der Waals surface area (Å²) in [4.78, 5) is 18.5. The molecule has 0 aromatic carbocycles. The van der Waals surface area contributed by atoms with Gasteiger partial charge in [-0.25, -0.2) is 0 Å². The van der Waals surface area contributed by atoms with E-state index in [1.54, 1.807) is 6.20 Å². The highest BCUT2D eigenvalue weighted by atomic mass is 16.2. The van der Waals surface area contributed by atoms with Gasteiger partial charge in [-0.3, -0.25) is 9.78 Å². The van der Waals surface area contributed by atoms with Crippen molar-refractivity contribution in [3.8, 4) is 0 Å². The number of carbonyl (C=O) groups is 1. The summed E-state index contributed by atoms with van der Waals surface area (Å²) < 4.78 is 0. The third kappa shape index (κ3) is 2.84. The maximum Gasteiger partial charge on any atom is 0.255 e. The predicted molar refractivity (Wildman–Crippen MR) is 68.1 cm³/mol. The fourth-order valence-corrected chi connectivity index (χ4v) is 2.15. The van der Waals surface area contributed by atoms with Crippen LogP contribution in [0.3, 0.4) is 0 Å². The molecule has 1 fully saturated rings. The lowest BCUT2D eigenvalue weighted by molar-refractivity contribution is 0.0724. The first kappa shape index (κ1) is 12.1. The second-order valence-corrected chi connectivity index (χ2v) is 4.98. The molecule has 0 radical (unpaired) electrons. The smallest absolute Gasteiger partial charge is 0.255 e. The molecule has 0 atom stereocenters. The first-order valence-electron chi connectivity index (χ1n) is 6.43. The number of amides is 1. The van der Waals surface area contributed by atoms with E-state index in [-0.39, 0.29) is 5.91 Å². The van der Waals surface area contributed by atoms with Crippen molar-refractivity contribution in [2.24, 2.45) is 0 Å². The summed E-state index contributed by atoms with van der Waals surface area (Å²) in [5.41, 5.74) is 1.76. The van der Waals surface area contributed by atoms with Gasteiger partial charge in [-0.2, -0.15) is 0 Å². The van der Waals surface area contributed by atoms with Gasteiger partial charge in [0.2, 0.25) is 0 Å². The number of rotatable bonds is 2. The lowest BCUT2D eigenvalue weighted by atomic mass is 10.1. The van der Waals surface area contributed by atoms with Crippen LogP contribution in [0.4, 0.5) is 0 Å². The van der Waals surface area contributed by atoms with Crippen LogP contribution in [-0.4, -0.2) is 28.9 Å². The van der Waals surface area contributed by atoms with Crippen LogP contribution in [0.1, 0.15) is 55.1 Å². The highest BCUT2D eigenvalue weighted by Crippen LogP contribution is 2.15. The Morgan fingerprint density at radius 2 is 1.94 bits per heavy atom. The van der Waals surface area contributed by atoms with E-state index in [1.165, 1.54) is 6.42 Å². The Hall–Kier alpha value is -1.38. The van der Waals surface area contributed by atoms with Crippen LogP contribution in [0.5, 0.6) is 0 Å². The molecule has 0 N–H and O–H groups in total. The highest BCUT2D eigenvalue weighted by Gasteiger charge is 2.18. The van der Waals surface area contributed by atoms with Crippen LogP contribution >= 0.6 is 0 Å². The summed E-state index contributed by atoms with van der Waals surface area (Å²) in [6.07, 6.45) is 5.22. The molecule has 17 heavy (non-hydrogen) atoms. The number of likely N-dealkylation sites (tertiary alicyclic amines) is 1. The minimum absolute atomic E-state index is 0.132. The van der Waals surface area contributed by atoms with E-state index in [0.29, 0.717) is 5.92 Å². The SMILES string of the molecule is CC(C)c1ccc(C(=O)N2CCCCC2)cn1. The van der Waals surface area contributed by atoms with E-state index < -0.39 is 0 Å². The molecule has 1 aromatic heterocycles. The van der Waals surface area contributed by atoms with E-state index in [2.05, 4.69) is 18.8 Å². The van der Waals surface area contributed by atoms with Crippen molar-refractivity contribution >= 4 is 5.91 Å². The highest BCUT2D eigenvalue weighted by molar-refractivity contribution is 5.93. The molecule has 92 valence electrons. The Bertz CT molecular complexity index is 378. The van der Waals surface area contributed by atoms with Crippen molar-refractivity contribution in [2.45, 2.75) is 39.0 Å². The van der Waals surface area contributed by atoms with E-state index in [1.807, 2.05) is 17.0 Å². The van der Waals surface area contributed by atoms with Gasteiger partial charge in [-0.1, -0.05) is 13.8 Å². The van der Waals surface area contributed by atoms with Crippen LogP contribution < -0.4 is 0 Å². The van der Waals surface area contributed by atoms with E-state index in [0.717, 1.165) is 37.2 Å². The third-order valence-electron chi connectivity index (χ3n) is 3.27. The Kier molecular flexibility index (Phi) is 3.77. The van der Waals surface area contributed by atoms with Crippen LogP contribution in [0.25, 0.3) is 0 Å². The monoisotopic (exact) mass is 232 g/mol. The average Bonchev–Trinajstić information content (AvgIpc) is 2.39. The molecule has 0 spiro atoms. The van der Waals surface area contributed by atoms with E-state index in [9.17, 15) is 4.79 Å². The molecule has 1 aliphatic rings. The summed E-state index contributed by atoms with van der Waals surface area (Å²) >= 11 is 0. The normalized spacial score (nSPS) is 16.3. The molecule has 1 aliphatic heterocycles. The van der Waals surface area contributed by atoms with Gasteiger partial charge in [0.1, 0.15) is 0 Å². The zero-order chi connectivity index (χ0) is 12.3. The van der Waals surface area contributed by atoms with Crippen molar-refractivity contribution in [1.82, 2.24) is 9.88 Å². The number of piperidine rings is 1. The van der Waals surface area contributed by atoms with E-state index >= 15 is 0 Å². The number of carbonyl (C=O) groups excluding carboxylic acids is 1. The largest absolute Gasteiger partial charge is 0.339 e. The van der Waals surface area contributed by atoms with Crippen molar-refractivity contribution in [1.29, 1.82) is 0 Å². The summed E-state index contributed by atoms with van der Waals surface area (Å²) in [7, 11) is 0.